The first-order chi connectivity index (χ1) is 6.65. The molecule has 1 rings (SSSR count). The molecule has 0 aliphatic heterocycles. The fourth-order valence-corrected chi connectivity index (χ4v) is 1.50. The van der Waals surface area contributed by atoms with Crippen LogP contribution in [0.2, 0.25) is 5.02 Å². The smallest absolute Gasteiger partial charge is 0.234 e. The topological polar surface area (TPSA) is 55.1 Å². The first-order valence-corrected chi connectivity index (χ1v) is 4.76. The maximum atomic E-state index is 11.0. The Balaban J connectivity index is 2.74. The Morgan fingerprint density at radius 1 is 1.57 bits per heavy atom. The lowest BCUT2D eigenvalue weighted by atomic mass is 10.1. The molecular formula is C10H13ClN2O. The molecule has 0 heterocycles. The molecule has 76 valence electrons. The molecule has 0 saturated carbocycles. The molecule has 0 aliphatic rings. The van der Waals surface area contributed by atoms with Gasteiger partial charge in [-0.15, -0.1) is 0 Å². The number of hydrogen-bond donors (Lipinski definition) is 2. The van der Waals surface area contributed by atoms with E-state index in [1.165, 1.54) is 0 Å². The molecule has 1 aromatic rings. The predicted molar refractivity (Wildman–Crippen MR) is 57.1 cm³/mol. The number of nitrogens with one attached hydrogen (secondary N) is 1. The van der Waals surface area contributed by atoms with Gasteiger partial charge in [0.15, 0.2) is 0 Å². The van der Waals surface area contributed by atoms with E-state index in [-0.39, 0.29) is 18.5 Å². The van der Waals surface area contributed by atoms with Crippen LogP contribution >= 0.6 is 11.6 Å². The zero-order chi connectivity index (χ0) is 10.6. The molecule has 3 nitrogen and oxygen atoms in total. The zero-order valence-electron chi connectivity index (χ0n) is 7.96. The summed E-state index contributed by atoms with van der Waals surface area (Å²) in [7, 11) is 0. The lowest BCUT2D eigenvalue weighted by molar-refractivity contribution is -0.120. The summed E-state index contributed by atoms with van der Waals surface area (Å²) in [6.45, 7) is 1.86. The minimum absolute atomic E-state index is 0.00517. The summed E-state index contributed by atoms with van der Waals surface area (Å²) in [5.41, 5.74) is 6.09. The molecular weight excluding hydrogens is 200 g/mol. The largest absolute Gasteiger partial charge is 0.348 e. The fourth-order valence-electron chi connectivity index (χ4n) is 1.20. The molecule has 0 spiro atoms. The Morgan fingerprint density at radius 3 is 2.79 bits per heavy atom. The number of hydrogen-bond acceptors (Lipinski definition) is 2. The number of rotatable bonds is 3. The average molecular weight is 213 g/mol. The van der Waals surface area contributed by atoms with Crippen molar-refractivity contribution in [2.45, 2.75) is 13.0 Å². The van der Waals surface area contributed by atoms with E-state index in [4.69, 9.17) is 17.3 Å². The second kappa shape index (κ2) is 4.98. The van der Waals surface area contributed by atoms with E-state index in [0.29, 0.717) is 5.02 Å². The van der Waals surface area contributed by atoms with E-state index >= 15 is 0 Å². The van der Waals surface area contributed by atoms with Crippen molar-refractivity contribution in [3.63, 3.8) is 0 Å². The minimum Gasteiger partial charge on any atom is -0.348 e. The van der Waals surface area contributed by atoms with E-state index in [0.717, 1.165) is 5.56 Å². The van der Waals surface area contributed by atoms with Gasteiger partial charge in [-0.3, -0.25) is 4.79 Å². The summed E-state index contributed by atoms with van der Waals surface area (Å²) in [6, 6.07) is 7.29. The lowest BCUT2D eigenvalue weighted by Crippen LogP contribution is -2.32. The Kier molecular flexibility index (Phi) is 3.92. The fraction of sp³-hybridized carbons (Fsp3) is 0.300. The Hall–Kier alpha value is -1.06. The highest BCUT2D eigenvalue weighted by Crippen LogP contribution is 2.21. The first-order valence-electron chi connectivity index (χ1n) is 4.39. The molecule has 0 saturated heterocycles. The third-order valence-electron chi connectivity index (χ3n) is 1.93. The monoisotopic (exact) mass is 212 g/mol. The van der Waals surface area contributed by atoms with Gasteiger partial charge in [-0.25, -0.2) is 0 Å². The lowest BCUT2D eigenvalue weighted by Gasteiger charge is -2.14. The van der Waals surface area contributed by atoms with E-state index in [9.17, 15) is 4.79 Å². The molecule has 4 heteroatoms. The van der Waals surface area contributed by atoms with Gasteiger partial charge in [0.05, 0.1) is 12.6 Å². The van der Waals surface area contributed by atoms with Gasteiger partial charge in [0.2, 0.25) is 5.91 Å². The second-order valence-electron chi connectivity index (χ2n) is 3.01. The van der Waals surface area contributed by atoms with Gasteiger partial charge in [-0.1, -0.05) is 29.8 Å². The normalized spacial score (nSPS) is 12.2. The third kappa shape index (κ3) is 2.72. The van der Waals surface area contributed by atoms with Crippen LogP contribution < -0.4 is 11.1 Å². The van der Waals surface area contributed by atoms with Crippen LogP contribution in [0.3, 0.4) is 0 Å². The van der Waals surface area contributed by atoms with Crippen LogP contribution in [0.4, 0.5) is 0 Å². The summed E-state index contributed by atoms with van der Waals surface area (Å²) in [4.78, 5) is 11.0. The molecule has 0 radical (unpaired) electrons. The van der Waals surface area contributed by atoms with Crippen LogP contribution in [-0.2, 0) is 4.79 Å². The molecule has 0 fully saturated rings. The molecule has 0 bridgehead atoms. The Labute approximate surface area is 88.2 Å². The number of benzene rings is 1. The number of nitrogens with two attached hydrogens (primary N) is 1. The standard InChI is InChI=1S/C10H13ClN2O/c1-7(13-10(14)6-12)8-4-2-3-5-9(8)11/h2-5,7H,6,12H2,1H3,(H,13,14)/t7-/m1/s1. The van der Waals surface area contributed by atoms with Crippen molar-refractivity contribution in [3.05, 3.63) is 34.9 Å². The van der Waals surface area contributed by atoms with Crippen molar-refractivity contribution in [1.82, 2.24) is 5.32 Å². The highest BCUT2D eigenvalue weighted by molar-refractivity contribution is 6.31. The molecule has 14 heavy (non-hydrogen) atoms. The van der Waals surface area contributed by atoms with Crippen molar-refractivity contribution in [1.29, 1.82) is 0 Å². The summed E-state index contributed by atoms with van der Waals surface area (Å²) >= 11 is 5.96. The number of carbonyl (C=O) groups is 1. The van der Waals surface area contributed by atoms with Crippen molar-refractivity contribution >= 4 is 17.5 Å². The van der Waals surface area contributed by atoms with Crippen LogP contribution in [0.25, 0.3) is 0 Å². The van der Waals surface area contributed by atoms with Gasteiger partial charge in [-0.2, -0.15) is 0 Å². The zero-order valence-corrected chi connectivity index (χ0v) is 8.71. The van der Waals surface area contributed by atoms with Crippen LogP contribution in [-0.4, -0.2) is 12.5 Å². The minimum atomic E-state index is -0.183. The third-order valence-corrected chi connectivity index (χ3v) is 2.28. The van der Waals surface area contributed by atoms with E-state index in [1.54, 1.807) is 6.07 Å². The first kappa shape index (κ1) is 11.0. The number of carbonyl (C=O) groups excluding carboxylic acids is 1. The van der Waals surface area contributed by atoms with Crippen LogP contribution in [0.15, 0.2) is 24.3 Å². The van der Waals surface area contributed by atoms with Gasteiger partial charge >= 0.3 is 0 Å². The number of amides is 1. The maximum Gasteiger partial charge on any atom is 0.234 e. The quantitative estimate of drug-likeness (QED) is 0.798. The molecule has 1 aromatic carbocycles. The van der Waals surface area contributed by atoms with Crippen LogP contribution in [0, 0.1) is 0 Å². The van der Waals surface area contributed by atoms with E-state index in [2.05, 4.69) is 5.32 Å². The molecule has 0 unspecified atom stereocenters. The number of halogens is 1. The van der Waals surface area contributed by atoms with Crippen molar-refractivity contribution in [3.8, 4) is 0 Å². The van der Waals surface area contributed by atoms with Gasteiger partial charge < -0.3 is 11.1 Å². The maximum absolute atomic E-state index is 11.0. The van der Waals surface area contributed by atoms with Gasteiger partial charge in [0.25, 0.3) is 0 Å². The van der Waals surface area contributed by atoms with Gasteiger partial charge in [-0.05, 0) is 18.6 Å². The Bertz CT molecular complexity index is 328. The van der Waals surface area contributed by atoms with Crippen molar-refractivity contribution < 1.29 is 4.79 Å². The predicted octanol–water partition coefficient (Wildman–Crippen LogP) is 1.48. The Morgan fingerprint density at radius 2 is 2.21 bits per heavy atom. The highest BCUT2D eigenvalue weighted by atomic mass is 35.5. The second-order valence-corrected chi connectivity index (χ2v) is 3.42. The van der Waals surface area contributed by atoms with Crippen molar-refractivity contribution in [2.24, 2.45) is 5.73 Å². The summed E-state index contributed by atoms with van der Waals surface area (Å²) in [5.74, 6) is -0.183. The van der Waals surface area contributed by atoms with E-state index in [1.807, 2.05) is 25.1 Å². The van der Waals surface area contributed by atoms with Crippen LogP contribution in [0.5, 0.6) is 0 Å². The average Bonchev–Trinajstić information content (AvgIpc) is 2.18. The van der Waals surface area contributed by atoms with Gasteiger partial charge in [0.1, 0.15) is 0 Å². The molecule has 1 atom stereocenters. The summed E-state index contributed by atoms with van der Waals surface area (Å²) in [5, 5.41) is 3.39. The molecule has 0 aromatic heterocycles. The summed E-state index contributed by atoms with van der Waals surface area (Å²) in [6.07, 6.45) is 0. The van der Waals surface area contributed by atoms with Crippen molar-refractivity contribution in [2.75, 3.05) is 6.54 Å². The SMILES string of the molecule is C[C@@H](NC(=O)CN)c1ccccc1Cl. The van der Waals surface area contributed by atoms with Gasteiger partial charge in [0, 0.05) is 5.02 Å². The summed E-state index contributed by atoms with van der Waals surface area (Å²) < 4.78 is 0. The molecule has 3 N–H and O–H groups in total. The molecule has 0 aliphatic carbocycles. The van der Waals surface area contributed by atoms with E-state index < -0.39 is 0 Å². The highest BCUT2D eigenvalue weighted by Gasteiger charge is 2.10. The molecule has 1 amide bonds. The van der Waals surface area contributed by atoms with Crippen LogP contribution in [0.1, 0.15) is 18.5 Å².